The number of nitrogens with zero attached hydrogens (tertiary/aromatic N) is 1. The average molecular weight is 353 g/mol. The summed E-state index contributed by atoms with van der Waals surface area (Å²) in [6.45, 7) is 4.27. The van der Waals surface area contributed by atoms with Gasteiger partial charge in [-0.1, -0.05) is 25.3 Å². The molecule has 0 atom stereocenters. The molecule has 1 aliphatic rings. The van der Waals surface area contributed by atoms with Gasteiger partial charge in [-0.15, -0.1) is 0 Å². The summed E-state index contributed by atoms with van der Waals surface area (Å²) in [5.74, 6) is -0.150. The van der Waals surface area contributed by atoms with Crippen molar-refractivity contribution < 1.29 is 13.2 Å². The Morgan fingerprint density at radius 1 is 1.17 bits per heavy atom. The Morgan fingerprint density at radius 3 is 2.42 bits per heavy atom. The van der Waals surface area contributed by atoms with Crippen LogP contribution in [0.5, 0.6) is 0 Å². The van der Waals surface area contributed by atoms with Crippen LogP contribution in [-0.2, 0) is 14.8 Å². The lowest BCUT2D eigenvalue weighted by Gasteiger charge is -2.32. The summed E-state index contributed by atoms with van der Waals surface area (Å²) in [5, 5.41) is 2.86. The lowest BCUT2D eigenvalue weighted by molar-refractivity contribution is -0.116. The molecule has 1 saturated carbocycles. The number of hydrogen-bond donors (Lipinski definition) is 1. The van der Waals surface area contributed by atoms with Crippen molar-refractivity contribution in [3.05, 3.63) is 29.3 Å². The van der Waals surface area contributed by atoms with E-state index in [2.05, 4.69) is 5.32 Å². The number of benzene rings is 1. The molecule has 0 bridgehead atoms. The molecule has 0 aromatic heterocycles. The number of aryl methyl sites for hydroxylation is 2. The molecule has 1 aliphatic carbocycles. The van der Waals surface area contributed by atoms with E-state index in [0.717, 1.165) is 36.9 Å². The monoisotopic (exact) mass is 352 g/mol. The maximum absolute atomic E-state index is 12.2. The number of carbonyl (C=O) groups is 1. The van der Waals surface area contributed by atoms with Gasteiger partial charge in [0.2, 0.25) is 15.9 Å². The molecule has 0 aliphatic heterocycles. The molecule has 0 radical (unpaired) electrons. The second-order valence-electron chi connectivity index (χ2n) is 6.76. The highest BCUT2D eigenvalue weighted by molar-refractivity contribution is 7.88. The van der Waals surface area contributed by atoms with E-state index in [9.17, 15) is 13.2 Å². The van der Waals surface area contributed by atoms with Gasteiger partial charge in [0.15, 0.2) is 0 Å². The fourth-order valence-electron chi connectivity index (χ4n) is 3.24. The Hall–Kier alpha value is -1.40. The molecule has 1 aromatic carbocycles. The minimum absolute atomic E-state index is 0.0446. The number of carbonyl (C=O) groups excluding carboxylic acids is 1. The zero-order valence-electron chi connectivity index (χ0n) is 14.8. The van der Waals surface area contributed by atoms with Crippen molar-refractivity contribution in [2.45, 2.75) is 58.4 Å². The van der Waals surface area contributed by atoms with Crippen molar-refractivity contribution in [3.8, 4) is 0 Å². The fraction of sp³-hybridized carbons (Fsp3) is 0.611. The van der Waals surface area contributed by atoms with Gasteiger partial charge in [-0.2, -0.15) is 4.31 Å². The highest BCUT2D eigenvalue weighted by atomic mass is 32.2. The quantitative estimate of drug-likeness (QED) is 0.855. The maximum Gasteiger partial charge on any atom is 0.225 e. The van der Waals surface area contributed by atoms with Crippen molar-refractivity contribution in [1.82, 2.24) is 4.31 Å². The fourth-order valence-corrected chi connectivity index (χ4v) is 4.42. The van der Waals surface area contributed by atoms with E-state index in [1.54, 1.807) is 0 Å². The predicted molar refractivity (Wildman–Crippen MR) is 97.6 cm³/mol. The molecule has 1 amide bonds. The van der Waals surface area contributed by atoms with Gasteiger partial charge < -0.3 is 5.32 Å². The second kappa shape index (κ2) is 8.12. The van der Waals surface area contributed by atoms with E-state index in [4.69, 9.17) is 0 Å². The van der Waals surface area contributed by atoms with Gasteiger partial charge in [-0.3, -0.25) is 4.79 Å². The first-order valence-electron chi connectivity index (χ1n) is 8.61. The number of anilines is 1. The number of nitrogens with one attached hydrogen (secondary N) is 1. The van der Waals surface area contributed by atoms with Crippen LogP contribution in [0.4, 0.5) is 5.69 Å². The molecule has 134 valence electrons. The Morgan fingerprint density at radius 2 is 1.83 bits per heavy atom. The summed E-state index contributed by atoms with van der Waals surface area (Å²) in [5.41, 5.74) is 3.05. The van der Waals surface area contributed by atoms with Crippen molar-refractivity contribution in [3.63, 3.8) is 0 Å². The molecular formula is C18H28N2O3S. The van der Waals surface area contributed by atoms with Gasteiger partial charge in [0.05, 0.1) is 6.26 Å². The van der Waals surface area contributed by atoms with Crippen LogP contribution < -0.4 is 5.32 Å². The summed E-state index contributed by atoms with van der Waals surface area (Å²) in [6, 6.07) is 5.82. The first-order chi connectivity index (χ1) is 11.3. The van der Waals surface area contributed by atoms with Gasteiger partial charge in [0.25, 0.3) is 0 Å². The summed E-state index contributed by atoms with van der Waals surface area (Å²) < 4.78 is 25.7. The molecular weight excluding hydrogens is 324 g/mol. The lowest BCUT2D eigenvalue weighted by atomic mass is 9.95. The average Bonchev–Trinajstić information content (AvgIpc) is 2.51. The van der Waals surface area contributed by atoms with E-state index in [1.165, 1.54) is 22.5 Å². The van der Waals surface area contributed by atoms with E-state index in [-0.39, 0.29) is 24.9 Å². The summed E-state index contributed by atoms with van der Waals surface area (Å²) in [6.07, 6.45) is 6.50. The van der Waals surface area contributed by atoms with Crippen molar-refractivity contribution in [1.29, 1.82) is 0 Å². The van der Waals surface area contributed by atoms with Crippen molar-refractivity contribution >= 4 is 21.6 Å². The molecule has 24 heavy (non-hydrogen) atoms. The highest BCUT2D eigenvalue weighted by Gasteiger charge is 2.28. The molecule has 5 nitrogen and oxygen atoms in total. The standard InChI is InChI=1S/C18H28N2O3S/c1-14-9-10-16(13-15(14)2)19-18(21)11-12-20(24(3,22)23)17-7-5-4-6-8-17/h9-10,13,17H,4-8,11-12H2,1-3H3,(H,19,21). The summed E-state index contributed by atoms with van der Waals surface area (Å²) >= 11 is 0. The third-order valence-electron chi connectivity index (χ3n) is 4.76. The zero-order valence-corrected chi connectivity index (χ0v) is 15.7. The number of hydrogen-bond acceptors (Lipinski definition) is 3. The number of amides is 1. The van der Waals surface area contributed by atoms with Gasteiger partial charge >= 0.3 is 0 Å². The molecule has 0 unspecified atom stereocenters. The molecule has 1 N–H and O–H groups in total. The number of sulfonamides is 1. The predicted octanol–water partition coefficient (Wildman–Crippen LogP) is 3.23. The molecule has 0 heterocycles. The van der Waals surface area contributed by atoms with Crippen LogP contribution in [0.2, 0.25) is 0 Å². The molecule has 6 heteroatoms. The Labute approximate surface area is 145 Å². The number of rotatable bonds is 6. The van der Waals surface area contributed by atoms with Gasteiger partial charge in [0.1, 0.15) is 0 Å². The first-order valence-corrected chi connectivity index (χ1v) is 10.5. The Bertz CT molecular complexity index is 680. The largest absolute Gasteiger partial charge is 0.326 e. The van der Waals surface area contributed by atoms with Crippen molar-refractivity contribution in [2.24, 2.45) is 0 Å². The SMILES string of the molecule is Cc1ccc(NC(=O)CCN(C2CCCCC2)S(C)(=O)=O)cc1C. The molecule has 1 aromatic rings. The van der Waals surface area contributed by atoms with Gasteiger partial charge in [-0.25, -0.2) is 8.42 Å². The Kier molecular flexibility index (Phi) is 6.40. The minimum Gasteiger partial charge on any atom is -0.326 e. The first kappa shape index (κ1) is 18.9. The van der Waals surface area contributed by atoms with Crippen LogP contribution in [0.25, 0.3) is 0 Å². The summed E-state index contributed by atoms with van der Waals surface area (Å²) in [4.78, 5) is 12.2. The molecule has 1 fully saturated rings. The molecule has 2 rings (SSSR count). The van der Waals surface area contributed by atoms with Crippen LogP contribution in [0.15, 0.2) is 18.2 Å². The highest BCUT2D eigenvalue weighted by Crippen LogP contribution is 2.24. The summed E-state index contributed by atoms with van der Waals surface area (Å²) in [7, 11) is -3.29. The van der Waals surface area contributed by atoms with E-state index >= 15 is 0 Å². The zero-order chi connectivity index (χ0) is 17.7. The van der Waals surface area contributed by atoms with Crippen LogP contribution >= 0.6 is 0 Å². The van der Waals surface area contributed by atoms with Crippen LogP contribution in [0, 0.1) is 13.8 Å². The van der Waals surface area contributed by atoms with Crippen molar-refractivity contribution in [2.75, 3.05) is 18.1 Å². The normalized spacial score (nSPS) is 16.3. The molecule has 0 spiro atoms. The Balaban J connectivity index is 1.95. The topological polar surface area (TPSA) is 66.5 Å². The maximum atomic E-state index is 12.2. The van der Waals surface area contributed by atoms with Gasteiger partial charge in [0, 0.05) is 24.7 Å². The third-order valence-corrected chi connectivity index (χ3v) is 6.09. The second-order valence-corrected chi connectivity index (χ2v) is 8.70. The van der Waals surface area contributed by atoms with Crippen LogP contribution in [0.3, 0.4) is 0 Å². The van der Waals surface area contributed by atoms with E-state index in [1.807, 2.05) is 32.0 Å². The molecule has 0 saturated heterocycles. The minimum atomic E-state index is -3.29. The third kappa shape index (κ3) is 5.31. The van der Waals surface area contributed by atoms with Gasteiger partial charge in [-0.05, 0) is 49.9 Å². The van der Waals surface area contributed by atoms with Crippen LogP contribution in [-0.4, -0.2) is 37.5 Å². The van der Waals surface area contributed by atoms with E-state index in [0.29, 0.717) is 0 Å². The lowest BCUT2D eigenvalue weighted by Crippen LogP contribution is -2.42. The smallest absolute Gasteiger partial charge is 0.225 e. The van der Waals surface area contributed by atoms with E-state index < -0.39 is 10.0 Å². The van der Waals surface area contributed by atoms with Crippen LogP contribution in [0.1, 0.15) is 49.7 Å².